The number of para-hydroxylation sites is 1. The highest BCUT2D eigenvalue weighted by Gasteiger charge is 2.27. The molecule has 0 saturated carbocycles. The standard InChI is InChI=1S/C22H27N3O6S/c1-31-22(26)18-10-12-24(13-11-18)14-15-32(29,30)23-20-9-5-8-19(21(20)25(27)28)16-17-6-3-2-4-7-17/h2-9,18,23H,10-16H2,1H3. The van der Waals surface area contributed by atoms with Crippen LogP contribution in [0.15, 0.2) is 48.5 Å². The first kappa shape index (κ1) is 23.7. The van der Waals surface area contributed by atoms with Gasteiger partial charge >= 0.3 is 5.97 Å². The fraction of sp³-hybridized carbons (Fsp3) is 0.409. The highest BCUT2D eigenvalue weighted by atomic mass is 32.2. The van der Waals surface area contributed by atoms with Crippen LogP contribution in [0, 0.1) is 16.0 Å². The van der Waals surface area contributed by atoms with Crippen LogP contribution in [0.1, 0.15) is 24.0 Å². The molecule has 1 aliphatic heterocycles. The Bertz CT molecular complexity index is 1050. The van der Waals surface area contributed by atoms with Crippen molar-refractivity contribution in [1.82, 2.24) is 4.90 Å². The number of methoxy groups -OCH3 is 1. The molecule has 172 valence electrons. The number of carbonyl (C=O) groups excluding carboxylic acids is 1. The molecule has 3 rings (SSSR count). The van der Waals surface area contributed by atoms with Crippen molar-refractivity contribution >= 4 is 27.4 Å². The van der Waals surface area contributed by atoms with Crippen molar-refractivity contribution in [3.8, 4) is 0 Å². The van der Waals surface area contributed by atoms with E-state index in [4.69, 9.17) is 4.74 Å². The number of nitrogens with zero attached hydrogens (tertiary/aromatic N) is 2. The molecular weight excluding hydrogens is 434 g/mol. The minimum Gasteiger partial charge on any atom is -0.469 e. The molecule has 0 amide bonds. The van der Waals surface area contributed by atoms with Gasteiger partial charge in [-0.2, -0.15) is 0 Å². The molecule has 2 aromatic carbocycles. The number of ether oxygens (including phenoxy) is 1. The molecule has 1 aliphatic rings. The summed E-state index contributed by atoms with van der Waals surface area (Å²) in [6, 6.07) is 13.9. The summed E-state index contributed by atoms with van der Waals surface area (Å²) in [5.41, 5.74) is 1.06. The monoisotopic (exact) mass is 461 g/mol. The Morgan fingerprint density at radius 2 is 1.84 bits per heavy atom. The number of esters is 1. The molecule has 0 radical (unpaired) electrons. The molecule has 0 aliphatic carbocycles. The van der Waals surface area contributed by atoms with Crippen molar-refractivity contribution in [3.63, 3.8) is 0 Å². The van der Waals surface area contributed by atoms with E-state index in [1.165, 1.54) is 13.2 Å². The minimum absolute atomic E-state index is 0.0344. The number of hydrogen-bond acceptors (Lipinski definition) is 7. The zero-order valence-electron chi connectivity index (χ0n) is 17.9. The summed E-state index contributed by atoms with van der Waals surface area (Å²) in [6.45, 7) is 1.48. The molecule has 1 heterocycles. The quantitative estimate of drug-likeness (QED) is 0.346. The molecule has 32 heavy (non-hydrogen) atoms. The Morgan fingerprint density at radius 3 is 2.47 bits per heavy atom. The van der Waals surface area contributed by atoms with E-state index in [1.807, 2.05) is 35.2 Å². The second kappa shape index (κ2) is 10.6. The van der Waals surface area contributed by atoms with Crippen LogP contribution < -0.4 is 4.72 Å². The van der Waals surface area contributed by atoms with E-state index >= 15 is 0 Å². The van der Waals surface area contributed by atoms with Crippen LogP contribution in [0.5, 0.6) is 0 Å². The number of rotatable bonds is 9. The van der Waals surface area contributed by atoms with Gasteiger partial charge in [0.1, 0.15) is 5.69 Å². The van der Waals surface area contributed by atoms with E-state index in [0.717, 1.165) is 5.56 Å². The van der Waals surface area contributed by atoms with Crippen LogP contribution in [0.25, 0.3) is 0 Å². The molecule has 0 unspecified atom stereocenters. The second-order valence-electron chi connectivity index (χ2n) is 7.79. The first-order valence-electron chi connectivity index (χ1n) is 10.4. The number of nitrogens with one attached hydrogen (secondary N) is 1. The van der Waals surface area contributed by atoms with E-state index < -0.39 is 14.9 Å². The zero-order chi connectivity index (χ0) is 23.1. The molecule has 10 heteroatoms. The third-order valence-electron chi connectivity index (χ3n) is 5.60. The Morgan fingerprint density at radius 1 is 1.16 bits per heavy atom. The van der Waals surface area contributed by atoms with Crippen LogP contribution in [0.3, 0.4) is 0 Å². The number of carbonyl (C=O) groups is 1. The number of hydrogen-bond donors (Lipinski definition) is 1. The molecule has 1 fully saturated rings. The summed E-state index contributed by atoms with van der Waals surface area (Å²) in [5.74, 6) is -0.585. The van der Waals surface area contributed by atoms with Crippen molar-refractivity contribution in [2.24, 2.45) is 5.92 Å². The van der Waals surface area contributed by atoms with Gasteiger partial charge in [0, 0.05) is 18.5 Å². The molecular formula is C22H27N3O6S. The summed E-state index contributed by atoms with van der Waals surface area (Å²) < 4.78 is 32.5. The lowest BCUT2D eigenvalue weighted by atomic mass is 9.97. The van der Waals surface area contributed by atoms with Crippen molar-refractivity contribution in [1.29, 1.82) is 0 Å². The van der Waals surface area contributed by atoms with Gasteiger partial charge in [0.2, 0.25) is 10.0 Å². The Labute approximate surface area is 187 Å². The van der Waals surface area contributed by atoms with Gasteiger partial charge in [-0.25, -0.2) is 8.42 Å². The lowest BCUT2D eigenvalue weighted by Crippen LogP contribution is -2.39. The third-order valence-corrected chi connectivity index (χ3v) is 6.85. The number of anilines is 1. The maximum absolute atomic E-state index is 12.7. The first-order chi connectivity index (χ1) is 15.3. The molecule has 1 saturated heterocycles. The molecule has 0 aromatic heterocycles. The molecule has 0 atom stereocenters. The Hall–Kier alpha value is -2.98. The van der Waals surface area contributed by atoms with Crippen LogP contribution in [0.2, 0.25) is 0 Å². The van der Waals surface area contributed by atoms with Crippen molar-refractivity contribution in [3.05, 3.63) is 69.8 Å². The van der Waals surface area contributed by atoms with Crippen molar-refractivity contribution in [2.45, 2.75) is 19.3 Å². The predicted octanol–water partition coefficient (Wildman–Crippen LogP) is 2.81. The van der Waals surface area contributed by atoms with E-state index in [2.05, 4.69) is 4.72 Å². The fourth-order valence-electron chi connectivity index (χ4n) is 3.87. The predicted molar refractivity (Wildman–Crippen MR) is 121 cm³/mol. The lowest BCUT2D eigenvalue weighted by molar-refractivity contribution is -0.384. The second-order valence-corrected chi connectivity index (χ2v) is 9.63. The van der Waals surface area contributed by atoms with Gasteiger partial charge in [0.25, 0.3) is 5.69 Å². The molecule has 1 N–H and O–H groups in total. The van der Waals surface area contributed by atoms with E-state index in [9.17, 15) is 23.3 Å². The Kier molecular flexibility index (Phi) is 7.81. The maximum atomic E-state index is 12.7. The highest BCUT2D eigenvalue weighted by molar-refractivity contribution is 7.92. The summed E-state index contributed by atoms with van der Waals surface area (Å²) >= 11 is 0. The maximum Gasteiger partial charge on any atom is 0.308 e. The van der Waals surface area contributed by atoms with Crippen LogP contribution in [0.4, 0.5) is 11.4 Å². The first-order valence-corrected chi connectivity index (χ1v) is 12.0. The van der Waals surface area contributed by atoms with Gasteiger partial charge in [-0.1, -0.05) is 42.5 Å². The van der Waals surface area contributed by atoms with Crippen LogP contribution in [-0.2, 0) is 26.0 Å². The van der Waals surface area contributed by atoms with Crippen molar-refractivity contribution in [2.75, 3.05) is 37.2 Å². The molecule has 0 spiro atoms. The smallest absolute Gasteiger partial charge is 0.308 e. The van der Waals surface area contributed by atoms with Gasteiger partial charge < -0.3 is 9.64 Å². The average molecular weight is 462 g/mol. The number of sulfonamides is 1. The Balaban J connectivity index is 1.66. The van der Waals surface area contributed by atoms with Gasteiger partial charge in [0.15, 0.2) is 0 Å². The molecule has 9 nitrogen and oxygen atoms in total. The number of nitro benzene ring substituents is 1. The van der Waals surface area contributed by atoms with E-state index in [1.54, 1.807) is 12.1 Å². The molecule has 2 aromatic rings. The number of piperidine rings is 1. The van der Waals surface area contributed by atoms with Gasteiger partial charge in [-0.15, -0.1) is 0 Å². The summed E-state index contributed by atoms with van der Waals surface area (Å²) in [7, 11) is -2.44. The van der Waals surface area contributed by atoms with Crippen LogP contribution in [-0.4, -0.2) is 56.7 Å². The SMILES string of the molecule is COC(=O)C1CCN(CCS(=O)(=O)Nc2cccc(Cc3ccccc3)c2[N+](=O)[O-])CC1. The van der Waals surface area contributed by atoms with Crippen molar-refractivity contribution < 1.29 is 22.9 Å². The van der Waals surface area contributed by atoms with Gasteiger partial charge in [0.05, 0.1) is 23.7 Å². The largest absolute Gasteiger partial charge is 0.469 e. The fourth-order valence-corrected chi connectivity index (χ4v) is 4.97. The summed E-state index contributed by atoms with van der Waals surface area (Å²) in [5, 5.41) is 11.8. The third kappa shape index (κ3) is 6.27. The number of nitro groups is 1. The normalized spacial score (nSPS) is 15.3. The summed E-state index contributed by atoms with van der Waals surface area (Å²) in [6.07, 6.45) is 1.56. The van der Waals surface area contributed by atoms with Gasteiger partial charge in [-0.3, -0.25) is 19.6 Å². The minimum atomic E-state index is -3.80. The zero-order valence-corrected chi connectivity index (χ0v) is 18.7. The average Bonchev–Trinajstić information content (AvgIpc) is 2.78. The molecule has 0 bridgehead atoms. The lowest BCUT2D eigenvalue weighted by Gasteiger charge is -2.30. The highest BCUT2D eigenvalue weighted by Crippen LogP contribution is 2.31. The van der Waals surface area contributed by atoms with E-state index in [0.29, 0.717) is 37.9 Å². The topological polar surface area (TPSA) is 119 Å². The van der Waals surface area contributed by atoms with Crippen LogP contribution >= 0.6 is 0 Å². The van der Waals surface area contributed by atoms with E-state index in [-0.39, 0.29) is 35.6 Å². The number of likely N-dealkylation sites (tertiary alicyclic amines) is 1. The number of benzene rings is 2. The van der Waals surface area contributed by atoms with Gasteiger partial charge in [-0.05, 0) is 37.6 Å². The summed E-state index contributed by atoms with van der Waals surface area (Å²) in [4.78, 5) is 24.8.